The average Bonchev–Trinajstić information content (AvgIpc) is 2.46. The van der Waals surface area contributed by atoms with E-state index in [-0.39, 0.29) is 5.97 Å². The van der Waals surface area contributed by atoms with Crippen molar-refractivity contribution in [2.45, 2.75) is 46.5 Å². The molecule has 0 amide bonds. The van der Waals surface area contributed by atoms with Crippen LogP contribution in [0.2, 0.25) is 0 Å². The lowest BCUT2D eigenvalue weighted by molar-refractivity contribution is -0.155. The summed E-state index contributed by atoms with van der Waals surface area (Å²) in [6, 6.07) is 7.86. The van der Waals surface area contributed by atoms with Crippen LogP contribution in [0.15, 0.2) is 24.3 Å². The summed E-state index contributed by atoms with van der Waals surface area (Å²) in [6.45, 7) is 6.40. The van der Waals surface area contributed by atoms with E-state index in [2.05, 4.69) is 6.92 Å². The van der Waals surface area contributed by atoms with Gasteiger partial charge in [-0.25, -0.2) is 0 Å². The molecule has 0 spiro atoms. The number of hydrogen-bond donors (Lipinski definition) is 0. The van der Waals surface area contributed by atoms with Crippen molar-refractivity contribution in [3.63, 3.8) is 0 Å². The Hall–Kier alpha value is -1.51. The van der Waals surface area contributed by atoms with Crippen LogP contribution in [-0.2, 0) is 16.0 Å². The van der Waals surface area contributed by atoms with Gasteiger partial charge in [-0.05, 0) is 38.3 Å². The molecule has 0 aliphatic heterocycles. The highest BCUT2D eigenvalue weighted by atomic mass is 16.5. The molecule has 0 aliphatic carbocycles. The Kier molecular flexibility index (Phi) is 6.56. The van der Waals surface area contributed by atoms with Crippen LogP contribution in [0.1, 0.15) is 45.6 Å². The molecule has 3 nitrogen and oxygen atoms in total. The summed E-state index contributed by atoms with van der Waals surface area (Å²) >= 11 is 0. The van der Waals surface area contributed by atoms with E-state index < -0.39 is 5.41 Å². The maximum absolute atomic E-state index is 12.3. The zero-order chi connectivity index (χ0) is 15.0. The molecule has 0 saturated carbocycles. The number of para-hydroxylation sites is 1. The van der Waals surface area contributed by atoms with Crippen molar-refractivity contribution >= 4 is 5.97 Å². The molecule has 3 heteroatoms. The second kappa shape index (κ2) is 7.93. The largest absolute Gasteiger partial charge is 0.496 e. The molecule has 1 aromatic rings. The number of benzene rings is 1. The molecule has 0 saturated heterocycles. The topological polar surface area (TPSA) is 35.5 Å². The Bertz CT molecular complexity index is 428. The number of carbonyl (C=O) groups excluding carboxylic acids is 1. The summed E-state index contributed by atoms with van der Waals surface area (Å²) in [7, 11) is 1.66. The molecule has 112 valence electrons. The zero-order valence-corrected chi connectivity index (χ0v) is 13.1. The minimum absolute atomic E-state index is 0.112. The lowest BCUT2D eigenvalue weighted by Gasteiger charge is -2.28. The van der Waals surface area contributed by atoms with Gasteiger partial charge in [0.05, 0.1) is 19.1 Å². The smallest absolute Gasteiger partial charge is 0.312 e. The first-order valence-corrected chi connectivity index (χ1v) is 7.36. The fraction of sp³-hybridized carbons (Fsp3) is 0.588. The molecule has 1 aromatic carbocycles. The summed E-state index contributed by atoms with van der Waals surface area (Å²) in [5.74, 6) is 0.721. The maximum atomic E-state index is 12.3. The molecule has 0 N–H and O–H groups in total. The number of ether oxygens (including phenoxy) is 2. The van der Waals surface area contributed by atoms with E-state index in [0.29, 0.717) is 13.0 Å². The molecule has 20 heavy (non-hydrogen) atoms. The van der Waals surface area contributed by atoms with Gasteiger partial charge in [-0.3, -0.25) is 4.79 Å². The van der Waals surface area contributed by atoms with E-state index in [1.165, 1.54) is 0 Å². The first-order chi connectivity index (χ1) is 9.57. The SMILES string of the molecule is CCCCC(C)(Cc1ccccc1OC)C(=O)OCC. The fourth-order valence-electron chi connectivity index (χ4n) is 2.40. The standard InChI is InChI=1S/C17H26O3/c1-5-7-12-17(3,16(18)20-6-2)13-14-10-8-9-11-15(14)19-4/h8-11H,5-7,12-13H2,1-4H3. The lowest BCUT2D eigenvalue weighted by Crippen LogP contribution is -2.32. The predicted molar refractivity (Wildman–Crippen MR) is 81.0 cm³/mol. The molecule has 1 atom stereocenters. The molecule has 0 aromatic heterocycles. The highest BCUT2D eigenvalue weighted by Crippen LogP contribution is 2.33. The van der Waals surface area contributed by atoms with E-state index in [1.807, 2.05) is 38.1 Å². The van der Waals surface area contributed by atoms with E-state index in [4.69, 9.17) is 9.47 Å². The van der Waals surface area contributed by atoms with Gasteiger partial charge in [-0.2, -0.15) is 0 Å². The van der Waals surface area contributed by atoms with E-state index in [0.717, 1.165) is 30.6 Å². The van der Waals surface area contributed by atoms with Crippen LogP contribution in [0.3, 0.4) is 0 Å². The van der Waals surface area contributed by atoms with E-state index in [1.54, 1.807) is 7.11 Å². The quantitative estimate of drug-likeness (QED) is 0.674. The van der Waals surface area contributed by atoms with Crippen molar-refractivity contribution in [2.75, 3.05) is 13.7 Å². The number of esters is 1. The summed E-state index contributed by atoms with van der Waals surface area (Å²) in [4.78, 5) is 12.3. The Morgan fingerprint density at radius 1 is 1.25 bits per heavy atom. The number of hydrogen-bond acceptors (Lipinski definition) is 3. The Labute approximate surface area is 122 Å². The second-order valence-corrected chi connectivity index (χ2v) is 5.37. The summed E-state index contributed by atoms with van der Waals surface area (Å²) in [6.07, 6.45) is 3.57. The van der Waals surface area contributed by atoms with Crippen molar-refractivity contribution in [1.29, 1.82) is 0 Å². The Balaban J connectivity index is 2.96. The monoisotopic (exact) mass is 278 g/mol. The molecule has 0 aliphatic rings. The molecular weight excluding hydrogens is 252 g/mol. The zero-order valence-electron chi connectivity index (χ0n) is 13.1. The highest BCUT2D eigenvalue weighted by Gasteiger charge is 2.35. The van der Waals surface area contributed by atoms with Crippen LogP contribution >= 0.6 is 0 Å². The number of rotatable bonds is 8. The van der Waals surface area contributed by atoms with Gasteiger partial charge in [0, 0.05) is 0 Å². The van der Waals surface area contributed by atoms with Crippen molar-refractivity contribution in [1.82, 2.24) is 0 Å². The molecule has 0 heterocycles. The molecule has 0 radical (unpaired) electrons. The van der Waals surface area contributed by atoms with Gasteiger partial charge in [0.2, 0.25) is 0 Å². The Morgan fingerprint density at radius 2 is 1.95 bits per heavy atom. The normalized spacial score (nSPS) is 13.6. The maximum Gasteiger partial charge on any atom is 0.312 e. The van der Waals surface area contributed by atoms with Gasteiger partial charge in [0.1, 0.15) is 5.75 Å². The van der Waals surface area contributed by atoms with Gasteiger partial charge in [0.25, 0.3) is 0 Å². The van der Waals surface area contributed by atoms with Crippen molar-refractivity contribution < 1.29 is 14.3 Å². The summed E-state index contributed by atoms with van der Waals surface area (Å²) in [5.41, 5.74) is 0.572. The minimum atomic E-state index is -0.485. The molecular formula is C17H26O3. The van der Waals surface area contributed by atoms with Crippen molar-refractivity contribution in [3.05, 3.63) is 29.8 Å². The third kappa shape index (κ3) is 4.26. The van der Waals surface area contributed by atoms with Gasteiger partial charge >= 0.3 is 5.97 Å². The second-order valence-electron chi connectivity index (χ2n) is 5.37. The van der Waals surface area contributed by atoms with Crippen LogP contribution < -0.4 is 4.74 Å². The van der Waals surface area contributed by atoms with Crippen LogP contribution in [0.25, 0.3) is 0 Å². The molecule has 0 fully saturated rings. The first-order valence-electron chi connectivity index (χ1n) is 7.36. The van der Waals surface area contributed by atoms with Gasteiger partial charge in [-0.15, -0.1) is 0 Å². The first kappa shape index (κ1) is 16.5. The number of unbranched alkanes of at least 4 members (excludes halogenated alkanes) is 1. The van der Waals surface area contributed by atoms with E-state index in [9.17, 15) is 4.79 Å². The molecule has 1 rings (SSSR count). The Morgan fingerprint density at radius 3 is 2.55 bits per heavy atom. The van der Waals surface area contributed by atoms with Crippen molar-refractivity contribution in [3.8, 4) is 5.75 Å². The third-order valence-electron chi connectivity index (χ3n) is 3.62. The minimum Gasteiger partial charge on any atom is -0.496 e. The van der Waals surface area contributed by atoms with Gasteiger partial charge in [-0.1, -0.05) is 38.0 Å². The molecule has 0 bridgehead atoms. The number of carbonyl (C=O) groups is 1. The number of methoxy groups -OCH3 is 1. The van der Waals surface area contributed by atoms with Crippen LogP contribution in [-0.4, -0.2) is 19.7 Å². The van der Waals surface area contributed by atoms with Crippen molar-refractivity contribution in [2.24, 2.45) is 5.41 Å². The van der Waals surface area contributed by atoms with E-state index >= 15 is 0 Å². The van der Waals surface area contributed by atoms with Gasteiger partial charge < -0.3 is 9.47 Å². The third-order valence-corrected chi connectivity index (χ3v) is 3.62. The molecule has 1 unspecified atom stereocenters. The average molecular weight is 278 g/mol. The lowest BCUT2D eigenvalue weighted by atomic mass is 9.79. The van der Waals surface area contributed by atoms with Crippen LogP contribution in [0, 0.1) is 5.41 Å². The summed E-state index contributed by atoms with van der Waals surface area (Å²) < 4.78 is 10.7. The predicted octanol–water partition coefficient (Wildman–Crippen LogP) is 4.00. The highest BCUT2D eigenvalue weighted by molar-refractivity contribution is 5.77. The van der Waals surface area contributed by atoms with Gasteiger partial charge in [0.15, 0.2) is 0 Å². The van der Waals surface area contributed by atoms with Crippen LogP contribution in [0.4, 0.5) is 0 Å². The fourth-order valence-corrected chi connectivity index (χ4v) is 2.40. The van der Waals surface area contributed by atoms with Crippen LogP contribution in [0.5, 0.6) is 5.75 Å². The summed E-state index contributed by atoms with van der Waals surface area (Å²) in [5, 5.41) is 0.